The van der Waals surface area contributed by atoms with Crippen molar-refractivity contribution in [2.75, 3.05) is 31.4 Å². The van der Waals surface area contributed by atoms with Crippen LogP contribution in [0.3, 0.4) is 0 Å². The normalized spacial score (nSPS) is 17.1. The summed E-state index contributed by atoms with van der Waals surface area (Å²) in [5, 5.41) is 3.14. The Morgan fingerprint density at radius 3 is 2.41 bits per heavy atom. The van der Waals surface area contributed by atoms with E-state index < -0.39 is 10.0 Å². The number of nitrogens with zero attached hydrogens (tertiary/aromatic N) is 1. The van der Waals surface area contributed by atoms with Crippen LogP contribution in [0.5, 0.6) is 0 Å². The number of likely N-dealkylation sites (tertiary alicyclic amines) is 1. The molecular weight excluding hydrogens is 362 g/mol. The molecule has 0 saturated carbocycles. The number of sulfonamides is 1. The van der Waals surface area contributed by atoms with E-state index >= 15 is 0 Å². The molecule has 1 aliphatic heterocycles. The molecule has 2 N–H and O–H groups in total. The number of nitrogens with one attached hydrogen (secondary N) is 2. The van der Waals surface area contributed by atoms with Gasteiger partial charge in [0.15, 0.2) is 0 Å². The third-order valence-corrected chi connectivity index (χ3v) is 6.18. The molecule has 7 heteroatoms. The van der Waals surface area contributed by atoms with Gasteiger partial charge >= 0.3 is 0 Å². The minimum absolute atomic E-state index is 0.0518. The van der Waals surface area contributed by atoms with Crippen molar-refractivity contribution >= 4 is 21.6 Å². The quantitative estimate of drug-likeness (QED) is 0.798. The molecule has 0 aromatic heterocycles. The average molecular weight is 388 g/mol. The third-order valence-electron chi connectivity index (χ3n) is 4.78. The van der Waals surface area contributed by atoms with Gasteiger partial charge in [0.05, 0.1) is 4.90 Å². The molecule has 1 atom stereocenters. The van der Waals surface area contributed by atoms with Crippen LogP contribution >= 0.6 is 0 Å². The van der Waals surface area contributed by atoms with Crippen molar-refractivity contribution in [1.29, 1.82) is 0 Å². The number of carbonyl (C=O) groups excluding carboxylic acids is 1. The lowest BCUT2D eigenvalue weighted by atomic mass is 10.1. The van der Waals surface area contributed by atoms with Crippen molar-refractivity contribution in [3.05, 3.63) is 59.7 Å². The Balaban J connectivity index is 1.69. The van der Waals surface area contributed by atoms with Crippen LogP contribution < -0.4 is 10.0 Å². The van der Waals surface area contributed by atoms with Crippen LogP contribution in [0.25, 0.3) is 0 Å². The zero-order chi connectivity index (χ0) is 19.4. The van der Waals surface area contributed by atoms with E-state index in [-0.39, 0.29) is 10.8 Å². The molecule has 0 bridgehead atoms. The summed E-state index contributed by atoms with van der Waals surface area (Å²) in [6, 6.07) is 13.2. The molecular formula is C20H25N3O3S. The monoisotopic (exact) mass is 387 g/mol. The van der Waals surface area contributed by atoms with Gasteiger partial charge in [-0.3, -0.25) is 9.52 Å². The first-order chi connectivity index (χ1) is 12.9. The molecule has 1 fully saturated rings. The topological polar surface area (TPSA) is 78.5 Å². The molecule has 27 heavy (non-hydrogen) atoms. The highest BCUT2D eigenvalue weighted by Gasteiger charge is 2.26. The standard InChI is InChI=1S/C20H25N3O3S/c1-15-3-7-18(8-4-15)22-27(25,26)19-9-5-17(6-10-19)20(24)23-12-11-16(14-23)13-21-2/h3-10,16,21-22H,11-14H2,1-2H3. The van der Waals surface area contributed by atoms with Gasteiger partial charge < -0.3 is 10.2 Å². The predicted octanol–water partition coefficient (Wildman–Crippen LogP) is 2.48. The van der Waals surface area contributed by atoms with E-state index in [4.69, 9.17) is 0 Å². The summed E-state index contributed by atoms with van der Waals surface area (Å²) >= 11 is 0. The first kappa shape index (κ1) is 19.4. The lowest BCUT2D eigenvalue weighted by molar-refractivity contribution is 0.0787. The van der Waals surface area contributed by atoms with Crippen molar-refractivity contribution in [1.82, 2.24) is 10.2 Å². The second kappa shape index (κ2) is 8.10. The molecule has 1 heterocycles. The maximum atomic E-state index is 12.6. The summed E-state index contributed by atoms with van der Waals surface area (Å²) in [7, 11) is -1.78. The fourth-order valence-electron chi connectivity index (χ4n) is 3.27. The van der Waals surface area contributed by atoms with Gasteiger partial charge in [0.25, 0.3) is 15.9 Å². The smallest absolute Gasteiger partial charge is 0.261 e. The Labute approximate surface area is 160 Å². The van der Waals surface area contributed by atoms with E-state index in [1.54, 1.807) is 24.3 Å². The van der Waals surface area contributed by atoms with Crippen molar-refractivity contribution in [3.63, 3.8) is 0 Å². The Morgan fingerprint density at radius 2 is 1.78 bits per heavy atom. The molecule has 2 aromatic carbocycles. The zero-order valence-corrected chi connectivity index (χ0v) is 16.4. The van der Waals surface area contributed by atoms with Crippen molar-refractivity contribution in [3.8, 4) is 0 Å². The van der Waals surface area contributed by atoms with Crippen LogP contribution in [-0.2, 0) is 10.0 Å². The van der Waals surface area contributed by atoms with Crippen molar-refractivity contribution in [2.45, 2.75) is 18.2 Å². The zero-order valence-electron chi connectivity index (χ0n) is 15.6. The molecule has 0 radical (unpaired) electrons. The fraction of sp³-hybridized carbons (Fsp3) is 0.350. The minimum Gasteiger partial charge on any atom is -0.338 e. The molecule has 3 rings (SSSR count). The van der Waals surface area contributed by atoms with E-state index in [0.717, 1.165) is 31.6 Å². The molecule has 6 nitrogen and oxygen atoms in total. The van der Waals surface area contributed by atoms with Gasteiger partial charge in [0.2, 0.25) is 0 Å². The third kappa shape index (κ3) is 4.67. The van der Waals surface area contributed by atoms with E-state index in [1.165, 1.54) is 12.1 Å². The minimum atomic E-state index is -3.69. The number of aryl methyl sites for hydroxylation is 1. The Kier molecular flexibility index (Phi) is 5.82. The van der Waals surface area contributed by atoms with Crippen LogP contribution in [-0.4, -0.2) is 45.9 Å². The van der Waals surface area contributed by atoms with Crippen LogP contribution in [0, 0.1) is 12.8 Å². The molecule has 144 valence electrons. The summed E-state index contributed by atoms with van der Waals surface area (Å²) in [6.45, 7) is 4.30. The van der Waals surface area contributed by atoms with Crippen LogP contribution in [0.1, 0.15) is 22.3 Å². The molecule has 1 amide bonds. The van der Waals surface area contributed by atoms with E-state index in [2.05, 4.69) is 10.0 Å². The molecule has 2 aromatic rings. The van der Waals surface area contributed by atoms with Crippen LogP contribution in [0.15, 0.2) is 53.4 Å². The maximum Gasteiger partial charge on any atom is 0.261 e. The van der Waals surface area contributed by atoms with Gasteiger partial charge in [-0.25, -0.2) is 8.42 Å². The summed E-state index contributed by atoms with van der Waals surface area (Å²) < 4.78 is 27.6. The predicted molar refractivity (Wildman–Crippen MR) is 106 cm³/mol. The van der Waals surface area contributed by atoms with E-state index in [0.29, 0.717) is 17.2 Å². The van der Waals surface area contributed by atoms with Gasteiger partial charge in [-0.05, 0) is 69.3 Å². The van der Waals surface area contributed by atoms with Crippen LogP contribution in [0.2, 0.25) is 0 Å². The largest absolute Gasteiger partial charge is 0.338 e. The molecule has 0 aliphatic carbocycles. The van der Waals surface area contributed by atoms with Crippen molar-refractivity contribution < 1.29 is 13.2 Å². The highest BCUT2D eigenvalue weighted by Crippen LogP contribution is 2.20. The summed E-state index contributed by atoms with van der Waals surface area (Å²) in [5.41, 5.74) is 2.07. The van der Waals surface area contributed by atoms with Gasteiger partial charge in [-0.15, -0.1) is 0 Å². The molecule has 1 unspecified atom stereocenters. The Morgan fingerprint density at radius 1 is 1.11 bits per heavy atom. The van der Waals surface area contributed by atoms with Crippen molar-refractivity contribution in [2.24, 2.45) is 5.92 Å². The number of benzene rings is 2. The van der Waals surface area contributed by atoms with Crippen LogP contribution in [0.4, 0.5) is 5.69 Å². The number of anilines is 1. The Bertz CT molecular complexity index is 893. The summed E-state index contributed by atoms with van der Waals surface area (Å²) in [6.07, 6.45) is 0.986. The SMILES string of the molecule is CNCC1CCN(C(=O)c2ccc(S(=O)(=O)Nc3ccc(C)cc3)cc2)C1. The van der Waals surface area contributed by atoms with Gasteiger partial charge in [0.1, 0.15) is 0 Å². The second-order valence-corrected chi connectivity index (χ2v) is 8.64. The number of amides is 1. The first-order valence-corrected chi connectivity index (χ1v) is 10.5. The Hall–Kier alpha value is -2.38. The highest BCUT2D eigenvalue weighted by atomic mass is 32.2. The van der Waals surface area contributed by atoms with Gasteiger partial charge in [-0.1, -0.05) is 17.7 Å². The highest BCUT2D eigenvalue weighted by molar-refractivity contribution is 7.92. The number of hydrogen-bond acceptors (Lipinski definition) is 4. The molecule has 1 saturated heterocycles. The fourth-order valence-corrected chi connectivity index (χ4v) is 4.33. The summed E-state index contributed by atoms with van der Waals surface area (Å²) in [5.74, 6) is 0.418. The molecule has 0 spiro atoms. The maximum absolute atomic E-state index is 12.6. The van der Waals surface area contributed by atoms with Gasteiger partial charge in [0, 0.05) is 24.3 Å². The number of hydrogen-bond donors (Lipinski definition) is 2. The lowest BCUT2D eigenvalue weighted by Gasteiger charge is -2.17. The first-order valence-electron chi connectivity index (χ1n) is 9.02. The number of carbonyl (C=O) groups is 1. The summed E-state index contributed by atoms with van der Waals surface area (Å²) in [4.78, 5) is 14.6. The number of rotatable bonds is 6. The average Bonchev–Trinajstić information content (AvgIpc) is 3.12. The van der Waals surface area contributed by atoms with E-state index in [9.17, 15) is 13.2 Å². The van der Waals surface area contributed by atoms with Gasteiger partial charge in [-0.2, -0.15) is 0 Å². The second-order valence-electron chi connectivity index (χ2n) is 6.96. The van der Waals surface area contributed by atoms with E-state index in [1.807, 2.05) is 31.0 Å². The molecule has 1 aliphatic rings. The lowest BCUT2D eigenvalue weighted by Crippen LogP contribution is -2.30.